The second-order valence-corrected chi connectivity index (χ2v) is 7.35. The van der Waals surface area contributed by atoms with Gasteiger partial charge in [-0.2, -0.15) is 5.10 Å². The summed E-state index contributed by atoms with van der Waals surface area (Å²) in [6.07, 6.45) is 0. The highest BCUT2D eigenvalue weighted by molar-refractivity contribution is 6.29. The highest BCUT2D eigenvalue weighted by Crippen LogP contribution is 2.23. The number of ether oxygens (including phenoxy) is 1. The number of halogens is 1. The van der Waals surface area contributed by atoms with Crippen LogP contribution in [0.2, 0.25) is 5.15 Å². The van der Waals surface area contributed by atoms with E-state index in [2.05, 4.69) is 15.4 Å². The summed E-state index contributed by atoms with van der Waals surface area (Å²) in [6.45, 7) is 3.26. The van der Waals surface area contributed by atoms with E-state index in [0.717, 1.165) is 16.8 Å². The molecule has 0 aliphatic carbocycles. The van der Waals surface area contributed by atoms with E-state index in [1.807, 2.05) is 44.2 Å². The number of esters is 1. The van der Waals surface area contributed by atoms with Crippen LogP contribution in [0, 0.1) is 13.8 Å². The van der Waals surface area contributed by atoms with Crippen LogP contribution in [0.4, 0.5) is 5.69 Å². The Hall–Kier alpha value is -3.71. The second-order valence-electron chi connectivity index (χ2n) is 6.96. The third-order valence-electron chi connectivity index (χ3n) is 4.78. The first kappa shape index (κ1) is 20.6. The molecule has 0 aliphatic heterocycles. The van der Waals surface area contributed by atoms with E-state index < -0.39 is 18.5 Å². The molecule has 156 valence electrons. The van der Waals surface area contributed by atoms with E-state index in [0.29, 0.717) is 27.6 Å². The first-order chi connectivity index (χ1) is 14.9. The van der Waals surface area contributed by atoms with E-state index in [4.69, 9.17) is 16.3 Å². The van der Waals surface area contributed by atoms with Crippen molar-refractivity contribution >= 4 is 40.1 Å². The van der Waals surface area contributed by atoms with Crippen molar-refractivity contribution in [3.8, 4) is 5.69 Å². The number of rotatable bonds is 5. The lowest BCUT2D eigenvalue weighted by Gasteiger charge is -2.08. The number of aryl methyl sites for hydroxylation is 1. The summed E-state index contributed by atoms with van der Waals surface area (Å²) in [5, 5.41) is 8.41. The maximum Gasteiger partial charge on any atom is 0.338 e. The summed E-state index contributed by atoms with van der Waals surface area (Å²) < 4.78 is 6.94. The lowest BCUT2D eigenvalue weighted by atomic mass is 10.1. The summed E-state index contributed by atoms with van der Waals surface area (Å²) in [7, 11) is 0. The molecule has 2 aromatic carbocycles. The van der Waals surface area contributed by atoms with Crippen molar-refractivity contribution < 1.29 is 14.3 Å². The van der Waals surface area contributed by atoms with Gasteiger partial charge in [-0.1, -0.05) is 29.8 Å². The molecule has 0 saturated carbocycles. The van der Waals surface area contributed by atoms with Crippen LogP contribution < -0.4 is 5.32 Å². The maximum atomic E-state index is 12.4. The summed E-state index contributed by atoms with van der Waals surface area (Å²) in [4.78, 5) is 28.9. The average molecular weight is 435 g/mol. The number of carbonyl (C=O) groups excluding carboxylic acids is 2. The molecular weight excluding hydrogens is 416 g/mol. The van der Waals surface area contributed by atoms with Gasteiger partial charge < -0.3 is 10.1 Å². The largest absolute Gasteiger partial charge is 0.452 e. The zero-order valence-corrected chi connectivity index (χ0v) is 17.7. The van der Waals surface area contributed by atoms with Crippen molar-refractivity contribution in [3.63, 3.8) is 0 Å². The van der Waals surface area contributed by atoms with Crippen LogP contribution in [0.25, 0.3) is 16.6 Å². The molecule has 4 aromatic rings. The van der Waals surface area contributed by atoms with Crippen molar-refractivity contribution in [1.82, 2.24) is 14.8 Å². The van der Waals surface area contributed by atoms with Crippen molar-refractivity contribution in [3.05, 3.63) is 82.8 Å². The van der Waals surface area contributed by atoms with Gasteiger partial charge in [0.15, 0.2) is 6.61 Å². The number of amides is 1. The summed E-state index contributed by atoms with van der Waals surface area (Å²) in [5.41, 5.74) is 3.93. The molecule has 8 heteroatoms. The van der Waals surface area contributed by atoms with Gasteiger partial charge in [0.1, 0.15) is 5.15 Å². The van der Waals surface area contributed by atoms with Crippen LogP contribution in [0.5, 0.6) is 0 Å². The molecule has 0 aliphatic rings. The van der Waals surface area contributed by atoms with Gasteiger partial charge >= 0.3 is 5.97 Å². The fraction of sp³-hybridized carbons (Fsp3) is 0.130. The Balaban J connectivity index is 1.42. The highest BCUT2D eigenvalue weighted by Gasteiger charge is 2.17. The number of benzene rings is 2. The Morgan fingerprint density at radius 1 is 1.06 bits per heavy atom. The van der Waals surface area contributed by atoms with Crippen LogP contribution in [-0.4, -0.2) is 33.2 Å². The smallest absolute Gasteiger partial charge is 0.338 e. The van der Waals surface area contributed by atoms with Gasteiger partial charge in [0.25, 0.3) is 5.91 Å². The quantitative estimate of drug-likeness (QED) is 0.369. The Morgan fingerprint density at radius 3 is 2.61 bits per heavy atom. The van der Waals surface area contributed by atoms with Crippen LogP contribution in [0.3, 0.4) is 0 Å². The van der Waals surface area contributed by atoms with E-state index in [1.165, 1.54) is 0 Å². The van der Waals surface area contributed by atoms with Crippen LogP contribution >= 0.6 is 11.6 Å². The fourth-order valence-electron chi connectivity index (χ4n) is 3.26. The number of fused-ring (bicyclic) bond motifs is 1. The molecule has 7 nitrogen and oxygen atoms in total. The number of aromatic nitrogens is 3. The molecule has 0 saturated heterocycles. The molecule has 0 atom stereocenters. The summed E-state index contributed by atoms with van der Waals surface area (Å²) >= 11 is 5.88. The molecule has 0 radical (unpaired) electrons. The molecular formula is C23H19ClN4O3. The molecule has 0 bridgehead atoms. The van der Waals surface area contributed by atoms with E-state index in [-0.39, 0.29) is 0 Å². The molecule has 1 amide bonds. The molecule has 4 rings (SSSR count). The molecule has 0 fully saturated rings. The van der Waals surface area contributed by atoms with Crippen LogP contribution in [0.1, 0.15) is 21.7 Å². The number of nitrogens with zero attached hydrogens (tertiary/aromatic N) is 3. The number of carbonyl (C=O) groups is 2. The number of hydrogen-bond donors (Lipinski definition) is 1. The van der Waals surface area contributed by atoms with E-state index >= 15 is 0 Å². The van der Waals surface area contributed by atoms with Crippen LogP contribution in [-0.2, 0) is 9.53 Å². The number of para-hydroxylation sites is 1. The third-order valence-corrected chi connectivity index (χ3v) is 4.99. The number of hydrogen-bond acceptors (Lipinski definition) is 5. The Labute approximate surface area is 183 Å². The molecule has 2 heterocycles. The van der Waals surface area contributed by atoms with Crippen molar-refractivity contribution in [1.29, 1.82) is 0 Å². The first-order valence-electron chi connectivity index (χ1n) is 9.57. The Morgan fingerprint density at radius 2 is 1.84 bits per heavy atom. The number of pyridine rings is 1. The van der Waals surface area contributed by atoms with E-state index in [1.54, 1.807) is 35.0 Å². The van der Waals surface area contributed by atoms with Gasteiger partial charge in [-0.15, -0.1) is 0 Å². The van der Waals surface area contributed by atoms with Crippen LogP contribution in [0.15, 0.2) is 60.7 Å². The first-order valence-corrected chi connectivity index (χ1v) is 9.95. The Bertz CT molecular complexity index is 1280. The topological polar surface area (TPSA) is 86.1 Å². The minimum Gasteiger partial charge on any atom is -0.452 e. The average Bonchev–Trinajstić information content (AvgIpc) is 3.06. The number of anilines is 1. The van der Waals surface area contributed by atoms with Gasteiger partial charge in [0.2, 0.25) is 0 Å². The zero-order chi connectivity index (χ0) is 22.0. The van der Waals surface area contributed by atoms with Crippen molar-refractivity contribution in [2.24, 2.45) is 0 Å². The van der Waals surface area contributed by atoms with Gasteiger partial charge in [-0.3, -0.25) is 4.79 Å². The monoisotopic (exact) mass is 434 g/mol. The predicted molar refractivity (Wildman–Crippen MR) is 119 cm³/mol. The normalized spacial score (nSPS) is 10.8. The minimum atomic E-state index is -0.597. The number of nitrogens with one attached hydrogen (secondary N) is 1. The maximum absolute atomic E-state index is 12.4. The summed E-state index contributed by atoms with van der Waals surface area (Å²) in [6, 6.07) is 18.0. The second kappa shape index (κ2) is 8.57. The van der Waals surface area contributed by atoms with Gasteiger partial charge in [-0.05, 0) is 56.3 Å². The van der Waals surface area contributed by atoms with Crippen molar-refractivity contribution in [2.45, 2.75) is 13.8 Å². The van der Waals surface area contributed by atoms with E-state index in [9.17, 15) is 9.59 Å². The molecule has 1 N–H and O–H groups in total. The molecule has 0 unspecified atom stereocenters. The van der Waals surface area contributed by atoms with Gasteiger partial charge in [0.05, 0.1) is 33.8 Å². The van der Waals surface area contributed by atoms with Gasteiger partial charge in [0, 0.05) is 5.39 Å². The zero-order valence-electron chi connectivity index (χ0n) is 16.9. The van der Waals surface area contributed by atoms with Gasteiger partial charge in [-0.25, -0.2) is 14.5 Å². The lowest BCUT2D eigenvalue weighted by Crippen LogP contribution is -2.21. The molecule has 31 heavy (non-hydrogen) atoms. The predicted octanol–water partition coefficient (Wildman–Crippen LogP) is 4.49. The van der Waals surface area contributed by atoms with Crippen molar-refractivity contribution in [2.75, 3.05) is 11.9 Å². The molecule has 2 aromatic heterocycles. The third kappa shape index (κ3) is 4.41. The lowest BCUT2D eigenvalue weighted by molar-refractivity contribution is -0.119. The molecule has 0 spiro atoms. The highest BCUT2D eigenvalue weighted by atomic mass is 35.5. The summed E-state index contributed by atoms with van der Waals surface area (Å²) in [5.74, 6) is -1.04. The minimum absolute atomic E-state index is 0.327. The Kier molecular flexibility index (Phi) is 5.68. The standard InChI is InChI=1S/C23H19ClN4O3/c1-14-22(15(2)28(27-14)18-6-4-3-5-7-18)26-21(29)13-31-23(30)17-8-10-19-16(12-17)9-11-20(24)25-19/h3-12H,13H2,1-2H3,(H,26,29). The SMILES string of the molecule is Cc1nn(-c2ccccc2)c(C)c1NC(=O)COC(=O)c1ccc2nc(Cl)ccc2c1. The fourth-order valence-corrected chi connectivity index (χ4v) is 3.42.